The summed E-state index contributed by atoms with van der Waals surface area (Å²) in [6, 6.07) is 11.0. The van der Waals surface area contributed by atoms with Crippen molar-refractivity contribution in [2.75, 3.05) is 0 Å². The highest BCUT2D eigenvalue weighted by atomic mass is 32.1. The fourth-order valence-corrected chi connectivity index (χ4v) is 6.83. The molecule has 31 heavy (non-hydrogen) atoms. The molecule has 2 aliphatic rings. The number of hydrogen-bond acceptors (Lipinski definition) is 9. The molecule has 9 heteroatoms. The number of Topliss-reactive ketones (excluding diaryl/α,β-unsaturated/α-hetero) is 4. The van der Waals surface area contributed by atoms with Crippen LogP contribution in [0.4, 0.5) is 0 Å². The number of allylic oxidation sites excluding steroid dienone is 4. The number of aliphatic hydroxyl groups excluding tert-OH is 2. The quantitative estimate of drug-likeness (QED) is 0.531. The Balaban J connectivity index is 1.44. The third-order valence-corrected chi connectivity index (χ3v) is 8.68. The zero-order valence-corrected chi connectivity index (χ0v) is 18.1. The zero-order chi connectivity index (χ0) is 21.9. The molecule has 0 saturated carbocycles. The SMILES string of the molecule is O=C1CC(=O)C(c2ccc(-c3ccc(-c4ccc(C5=C(O)C(=O)CC5=O)s4)s3)s2)=C1O. The monoisotopic (exact) mass is 468 g/mol. The van der Waals surface area contributed by atoms with Crippen LogP contribution in [0.5, 0.6) is 0 Å². The molecule has 0 radical (unpaired) electrons. The summed E-state index contributed by atoms with van der Waals surface area (Å²) in [5, 5.41) is 19.8. The molecule has 0 bridgehead atoms. The number of thiophene rings is 3. The van der Waals surface area contributed by atoms with Crippen molar-refractivity contribution in [3.05, 3.63) is 57.7 Å². The molecule has 0 fully saturated rings. The van der Waals surface area contributed by atoms with E-state index in [-0.39, 0.29) is 35.6 Å². The van der Waals surface area contributed by atoms with Crippen molar-refractivity contribution in [1.29, 1.82) is 0 Å². The number of carbonyl (C=O) groups excluding carboxylic acids is 4. The predicted molar refractivity (Wildman–Crippen MR) is 119 cm³/mol. The molecule has 3 heterocycles. The Morgan fingerprint density at radius 3 is 1.06 bits per heavy atom. The van der Waals surface area contributed by atoms with Gasteiger partial charge in [-0.25, -0.2) is 0 Å². The molecule has 154 valence electrons. The zero-order valence-electron chi connectivity index (χ0n) is 15.6. The third kappa shape index (κ3) is 3.21. The molecule has 2 N–H and O–H groups in total. The van der Waals surface area contributed by atoms with Gasteiger partial charge >= 0.3 is 0 Å². The summed E-state index contributed by atoms with van der Waals surface area (Å²) in [4.78, 5) is 52.0. The van der Waals surface area contributed by atoms with Gasteiger partial charge in [0.2, 0.25) is 11.6 Å². The van der Waals surface area contributed by atoms with Crippen LogP contribution in [-0.2, 0) is 19.2 Å². The van der Waals surface area contributed by atoms with E-state index in [0.717, 1.165) is 19.5 Å². The van der Waals surface area contributed by atoms with Crippen LogP contribution in [0.2, 0.25) is 0 Å². The molecular formula is C22H12O6S3. The van der Waals surface area contributed by atoms with E-state index >= 15 is 0 Å². The first kappa shape index (κ1) is 19.8. The van der Waals surface area contributed by atoms with Crippen LogP contribution in [0, 0.1) is 0 Å². The van der Waals surface area contributed by atoms with Crippen molar-refractivity contribution in [3.8, 4) is 19.5 Å². The molecule has 3 aromatic heterocycles. The highest BCUT2D eigenvalue weighted by molar-refractivity contribution is 7.27. The Labute approximate surface area is 187 Å². The lowest BCUT2D eigenvalue weighted by molar-refractivity contribution is -0.123. The maximum atomic E-state index is 12.0. The summed E-state index contributed by atoms with van der Waals surface area (Å²) >= 11 is 4.17. The smallest absolute Gasteiger partial charge is 0.205 e. The first-order chi connectivity index (χ1) is 14.8. The topological polar surface area (TPSA) is 109 Å². The van der Waals surface area contributed by atoms with E-state index in [9.17, 15) is 29.4 Å². The summed E-state index contributed by atoms with van der Waals surface area (Å²) < 4.78 is 0. The second-order valence-electron chi connectivity index (χ2n) is 6.99. The lowest BCUT2D eigenvalue weighted by Crippen LogP contribution is -1.96. The lowest BCUT2D eigenvalue weighted by Gasteiger charge is -1.96. The average molecular weight is 469 g/mol. The average Bonchev–Trinajstić information content (AvgIpc) is 3.51. The third-order valence-electron chi connectivity index (χ3n) is 5.00. The van der Waals surface area contributed by atoms with Gasteiger partial charge in [-0.15, -0.1) is 34.0 Å². The van der Waals surface area contributed by atoms with E-state index in [1.165, 1.54) is 34.0 Å². The fraction of sp³-hybridized carbons (Fsp3) is 0.0909. The number of aliphatic hydroxyl groups is 2. The van der Waals surface area contributed by atoms with Crippen molar-refractivity contribution < 1.29 is 29.4 Å². The van der Waals surface area contributed by atoms with E-state index in [1.807, 2.05) is 24.3 Å². The van der Waals surface area contributed by atoms with Crippen molar-refractivity contribution in [3.63, 3.8) is 0 Å². The van der Waals surface area contributed by atoms with Gasteiger partial charge in [-0.05, 0) is 36.4 Å². The number of hydrogen-bond donors (Lipinski definition) is 2. The normalized spacial score (nSPS) is 17.0. The molecule has 0 spiro atoms. The van der Waals surface area contributed by atoms with Gasteiger partial charge in [0, 0.05) is 29.3 Å². The Hall–Kier alpha value is -3.14. The van der Waals surface area contributed by atoms with Gasteiger partial charge in [-0.2, -0.15) is 0 Å². The van der Waals surface area contributed by atoms with Gasteiger partial charge in [0.15, 0.2) is 23.1 Å². The first-order valence-electron chi connectivity index (χ1n) is 9.13. The number of ketones is 4. The lowest BCUT2D eigenvalue weighted by atomic mass is 10.2. The van der Waals surface area contributed by atoms with Gasteiger partial charge in [0.25, 0.3) is 0 Å². The minimum atomic E-state index is -0.551. The van der Waals surface area contributed by atoms with Crippen molar-refractivity contribution in [1.82, 2.24) is 0 Å². The summed E-state index contributed by atoms with van der Waals surface area (Å²) in [5.74, 6) is -2.77. The molecule has 2 aliphatic carbocycles. The minimum Gasteiger partial charge on any atom is -0.504 e. The van der Waals surface area contributed by atoms with Gasteiger partial charge in [0.05, 0.1) is 24.0 Å². The highest BCUT2D eigenvalue weighted by Crippen LogP contribution is 2.43. The summed E-state index contributed by atoms with van der Waals surface area (Å²) in [5.41, 5.74) is 0.176. The largest absolute Gasteiger partial charge is 0.504 e. The van der Waals surface area contributed by atoms with Gasteiger partial charge in [0.1, 0.15) is 0 Å². The first-order valence-corrected chi connectivity index (χ1v) is 11.6. The number of rotatable bonds is 4. The second-order valence-corrected chi connectivity index (χ2v) is 10.2. The van der Waals surface area contributed by atoms with E-state index < -0.39 is 23.1 Å². The van der Waals surface area contributed by atoms with Crippen LogP contribution in [0.3, 0.4) is 0 Å². The van der Waals surface area contributed by atoms with Crippen LogP contribution < -0.4 is 0 Å². The van der Waals surface area contributed by atoms with Crippen LogP contribution >= 0.6 is 34.0 Å². The predicted octanol–water partition coefficient (Wildman–Crippen LogP) is 4.83. The molecule has 5 rings (SSSR count). The molecular weight excluding hydrogens is 456 g/mol. The fourth-order valence-electron chi connectivity index (χ4n) is 3.50. The van der Waals surface area contributed by atoms with Crippen molar-refractivity contribution >= 4 is 68.3 Å². The standard InChI is InChI=1S/C22H12O6S3/c23-9-7-11(25)21(27)19(9)17-5-3-15(30-17)13-1-2-14(29-13)16-4-6-18(31-16)20-10(24)8-12(26)22(20)28/h1-6,27-28H,7-8H2. The second kappa shape index (κ2) is 7.23. The maximum absolute atomic E-state index is 12.0. The maximum Gasteiger partial charge on any atom is 0.205 e. The van der Waals surface area contributed by atoms with E-state index in [1.54, 1.807) is 12.1 Å². The Morgan fingerprint density at radius 2 is 0.774 bits per heavy atom. The number of carbonyl (C=O) groups is 4. The van der Waals surface area contributed by atoms with E-state index in [2.05, 4.69) is 0 Å². The summed E-state index contributed by atoms with van der Waals surface area (Å²) in [7, 11) is 0. The van der Waals surface area contributed by atoms with E-state index in [0.29, 0.717) is 9.75 Å². The van der Waals surface area contributed by atoms with Gasteiger partial charge in [-0.3, -0.25) is 19.2 Å². The molecule has 3 aromatic rings. The molecule has 0 aliphatic heterocycles. The molecule has 0 atom stereocenters. The Morgan fingerprint density at radius 1 is 0.484 bits per heavy atom. The van der Waals surface area contributed by atoms with Crippen LogP contribution in [-0.4, -0.2) is 33.3 Å². The van der Waals surface area contributed by atoms with Crippen LogP contribution in [0.25, 0.3) is 30.7 Å². The van der Waals surface area contributed by atoms with Crippen LogP contribution in [0.15, 0.2) is 47.9 Å². The van der Waals surface area contributed by atoms with Gasteiger partial charge in [-0.1, -0.05) is 0 Å². The minimum absolute atomic E-state index is 0.0878. The Bertz CT molecular complexity index is 1270. The van der Waals surface area contributed by atoms with Crippen molar-refractivity contribution in [2.45, 2.75) is 12.8 Å². The van der Waals surface area contributed by atoms with Crippen molar-refractivity contribution in [2.24, 2.45) is 0 Å². The summed E-state index contributed by atoms with van der Waals surface area (Å²) in [6.07, 6.45) is -0.587. The molecule has 0 saturated heterocycles. The molecule has 0 unspecified atom stereocenters. The van der Waals surface area contributed by atoms with E-state index in [4.69, 9.17) is 0 Å². The Kier molecular flexibility index (Phi) is 4.62. The molecule has 0 aromatic carbocycles. The molecule has 0 amide bonds. The highest BCUT2D eigenvalue weighted by Gasteiger charge is 2.33. The van der Waals surface area contributed by atoms with Crippen LogP contribution in [0.1, 0.15) is 22.6 Å². The van der Waals surface area contributed by atoms with Gasteiger partial charge < -0.3 is 10.2 Å². The summed E-state index contributed by atoms with van der Waals surface area (Å²) in [6.45, 7) is 0. The molecule has 6 nitrogen and oxygen atoms in total.